The van der Waals surface area contributed by atoms with E-state index >= 15 is 0 Å². The van der Waals surface area contributed by atoms with Crippen LogP contribution < -0.4 is 5.82 Å². The summed E-state index contributed by atoms with van der Waals surface area (Å²) in [7, 11) is 0. The van der Waals surface area contributed by atoms with Gasteiger partial charge in [0.2, 0.25) is 5.82 Å². The number of hydrogen-bond acceptors (Lipinski definition) is 9. The molecule has 0 amide bonds. The third-order valence-electron chi connectivity index (χ3n) is 6.45. The highest BCUT2D eigenvalue weighted by atomic mass is 35.5. The zero-order valence-electron chi connectivity index (χ0n) is 22.0. The number of aromatic amines is 1. The number of aryl methyl sites for hydroxylation is 2. The third-order valence-corrected chi connectivity index (χ3v) is 6.71. The van der Waals surface area contributed by atoms with Crippen LogP contribution in [-0.4, -0.2) is 36.1 Å². The predicted molar refractivity (Wildman–Crippen MR) is 146 cm³/mol. The summed E-state index contributed by atoms with van der Waals surface area (Å²) >= 11 is 6.46. The van der Waals surface area contributed by atoms with Crippen molar-refractivity contribution in [2.24, 2.45) is 0 Å². The van der Waals surface area contributed by atoms with Crippen molar-refractivity contribution in [3.8, 4) is 22.5 Å². The Morgan fingerprint density at radius 1 is 1.05 bits per heavy atom. The maximum atomic E-state index is 13.2. The van der Waals surface area contributed by atoms with Gasteiger partial charge in [-0.05, 0) is 28.3 Å². The van der Waals surface area contributed by atoms with Crippen LogP contribution in [0.1, 0.15) is 60.1 Å². The van der Waals surface area contributed by atoms with Crippen molar-refractivity contribution >= 4 is 17.6 Å². The molecule has 0 atom stereocenters. The van der Waals surface area contributed by atoms with E-state index in [2.05, 4.69) is 32.5 Å². The normalized spacial score (nSPS) is 11.2. The molecule has 0 saturated heterocycles. The van der Waals surface area contributed by atoms with Gasteiger partial charge in [-0.3, -0.25) is 0 Å². The standard InChI is InChI=1S/C28H27ClN6O5/c1-3-5-10-23-30-25(29)24(27(36)38-16-22-21(4-2)39-28(37)40-22)35(23)15-17-11-13-18(14-12-17)19-8-6-7-9-20(19)26-31-33-34-32-26/h6-9,11-14H,3-5,10,15-16H2,1-2H3,(H,31,32,33,34). The van der Waals surface area contributed by atoms with Gasteiger partial charge >= 0.3 is 11.8 Å². The van der Waals surface area contributed by atoms with Gasteiger partial charge in [0.15, 0.2) is 29.0 Å². The first-order valence-corrected chi connectivity index (χ1v) is 13.3. The van der Waals surface area contributed by atoms with Crippen LogP contribution in [0.3, 0.4) is 0 Å². The molecule has 0 saturated carbocycles. The van der Waals surface area contributed by atoms with Crippen LogP contribution in [0.15, 0.2) is 62.2 Å². The number of rotatable bonds is 11. The van der Waals surface area contributed by atoms with E-state index < -0.39 is 11.8 Å². The molecule has 0 bridgehead atoms. The Bertz CT molecular complexity index is 1650. The zero-order chi connectivity index (χ0) is 28.1. The van der Waals surface area contributed by atoms with Gasteiger partial charge in [0.05, 0.1) is 0 Å². The molecule has 3 heterocycles. The van der Waals surface area contributed by atoms with Gasteiger partial charge < -0.3 is 18.1 Å². The van der Waals surface area contributed by atoms with Gasteiger partial charge in [-0.1, -0.05) is 80.4 Å². The first kappa shape index (κ1) is 27.1. The summed E-state index contributed by atoms with van der Waals surface area (Å²) in [6.45, 7) is 3.99. The third kappa shape index (κ3) is 5.74. The average molecular weight is 563 g/mol. The lowest BCUT2D eigenvalue weighted by Gasteiger charge is -2.13. The first-order valence-electron chi connectivity index (χ1n) is 12.9. The minimum absolute atomic E-state index is 0.0612. The van der Waals surface area contributed by atoms with E-state index in [4.69, 9.17) is 25.2 Å². The molecule has 0 fully saturated rings. The predicted octanol–water partition coefficient (Wildman–Crippen LogP) is 5.24. The Balaban J connectivity index is 1.41. The number of nitrogens with zero attached hydrogens (tertiary/aromatic N) is 5. The minimum Gasteiger partial charge on any atom is -0.453 e. The van der Waals surface area contributed by atoms with E-state index in [-0.39, 0.29) is 23.2 Å². The summed E-state index contributed by atoms with van der Waals surface area (Å²) in [4.78, 5) is 29.1. The number of hydrogen-bond donors (Lipinski definition) is 1. The van der Waals surface area contributed by atoms with Gasteiger partial charge in [-0.15, -0.1) is 10.2 Å². The Morgan fingerprint density at radius 2 is 1.80 bits per heavy atom. The van der Waals surface area contributed by atoms with Crippen molar-refractivity contribution in [1.29, 1.82) is 0 Å². The summed E-state index contributed by atoms with van der Waals surface area (Å²) in [6.07, 6.45) is 2.91. The molecular formula is C28H27ClN6O5. The Hall–Kier alpha value is -4.51. The monoisotopic (exact) mass is 562 g/mol. The minimum atomic E-state index is -0.837. The van der Waals surface area contributed by atoms with Gasteiger partial charge in [-0.2, -0.15) is 5.21 Å². The lowest BCUT2D eigenvalue weighted by molar-refractivity contribution is 0.0430. The number of aromatic nitrogens is 6. The fourth-order valence-corrected chi connectivity index (χ4v) is 4.73. The highest BCUT2D eigenvalue weighted by molar-refractivity contribution is 6.32. The molecule has 1 N–H and O–H groups in total. The van der Waals surface area contributed by atoms with E-state index in [0.717, 1.165) is 35.1 Å². The molecule has 0 aliphatic carbocycles. The number of imidazole rings is 1. The highest BCUT2D eigenvalue weighted by Gasteiger charge is 2.25. The number of ether oxygens (including phenoxy) is 1. The molecule has 5 rings (SSSR count). The maximum Gasteiger partial charge on any atom is 0.519 e. The second kappa shape index (κ2) is 12.1. The summed E-state index contributed by atoms with van der Waals surface area (Å²) in [5.74, 6) is 0.201. The second-order valence-corrected chi connectivity index (χ2v) is 9.42. The van der Waals surface area contributed by atoms with E-state index in [9.17, 15) is 9.59 Å². The van der Waals surface area contributed by atoms with Crippen molar-refractivity contribution in [3.63, 3.8) is 0 Å². The molecule has 40 heavy (non-hydrogen) atoms. The largest absolute Gasteiger partial charge is 0.519 e. The second-order valence-electron chi connectivity index (χ2n) is 9.07. The Labute approximate surface area is 234 Å². The quantitative estimate of drug-likeness (QED) is 0.214. The summed E-state index contributed by atoms with van der Waals surface area (Å²) in [5.41, 5.74) is 3.88. The SMILES string of the molecule is CCCCc1nc(Cl)c(C(=O)OCc2oc(=O)oc2CC)n1Cc1ccc(-c2ccccc2-c2nn[nH]n2)cc1. The summed E-state index contributed by atoms with van der Waals surface area (Å²) in [5, 5.41) is 14.5. The van der Waals surface area contributed by atoms with Crippen LogP contribution >= 0.6 is 11.6 Å². The van der Waals surface area contributed by atoms with Crippen LogP contribution in [0.4, 0.5) is 0 Å². The van der Waals surface area contributed by atoms with E-state index in [1.807, 2.05) is 48.5 Å². The zero-order valence-corrected chi connectivity index (χ0v) is 22.8. The Morgan fingerprint density at radius 3 is 2.50 bits per heavy atom. The van der Waals surface area contributed by atoms with Crippen molar-refractivity contribution < 1.29 is 18.4 Å². The molecule has 11 nitrogen and oxygen atoms in total. The molecule has 0 unspecified atom stereocenters. The lowest BCUT2D eigenvalue weighted by atomic mass is 9.98. The number of carbonyl (C=O) groups is 1. The van der Waals surface area contributed by atoms with Gasteiger partial charge in [0.1, 0.15) is 5.82 Å². The number of benzene rings is 2. The van der Waals surface area contributed by atoms with Gasteiger partial charge in [-0.25, -0.2) is 14.6 Å². The van der Waals surface area contributed by atoms with Gasteiger partial charge in [0, 0.05) is 24.9 Å². The van der Waals surface area contributed by atoms with Crippen molar-refractivity contribution in [3.05, 3.63) is 92.9 Å². The fraction of sp³-hybridized carbons (Fsp3) is 0.286. The fourth-order valence-electron chi connectivity index (χ4n) is 4.45. The van der Waals surface area contributed by atoms with Crippen LogP contribution in [-0.2, 0) is 30.7 Å². The Kier molecular flexibility index (Phi) is 8.20. The summed E-state index contributed by atoms with van der Waals surface area (Å²) < 4.78 is 17.3. The van der Waals surface area contributed by atoms with Crippen molar-refractivity contribution in [2.45, 2.75) is 52.7 Å². The molecule has 0 radical (unpaired) electrons. The maximum absolute atomic E-state index is 13.2. The summed E-state index contributed by atoms with van der Waals surface area (Å²) in [6, 6.07) is 15.8. The van der Waals surface area contributed by atoms with Crippen molar-refractivity contribution in [2.75, 3.05) is 0 Å². The molecule has 0 aliphatic rings. The van der Waals surface area contributed by atoms with E-state index in [1.165, 1.54) is 0 Å². The van der Waals surface area contributed by atoms with Crippen LogP contribution in [0.25, 0.3) is 22.5 Å². The number of carbonyl (C=O) groups excluding carboxylic acids is 1. The number of unbranched alkanes of at least 4 members (excludes halogenated alkanes) is 1. The number of H-pyrrole nitrogens is 1. The lowest BCUT2D eigenvalue weighted by Crippen LogP contribution is -2.16. The van der Waals surface area contributed by atoms with E-state index in [1.54, 1.807) is 11.5 Å². The molecular weight excluding hydrogens is 536 g/mol. The van der Waals surface area contributed by atoms with Crippen molar-refractivity contribution in [1.82, 2.24) is 30.2 Å². The highest BCUT2D eigenvalue weighted by Crippen LogP contribution is 2.30. The molecule has 12 heteroatoms. The van der Waals surface area contributed by atoms with Crippen LogP contribution in [0.5, 0.6) is 0 Å². The number of nitrogens with one attached hydrogen (secondary N) is 1. The van der Waals surface area contributed by atoms with Crippen LogP contribution in [0.2, 0.25) is 5.15 Å². The molecule has 3 aromatic heterocycles. The topological polar surface area (TPSA) is 142 Å². The molecule has 2 aromatic carbocycles. The first-order chi connectivity index (χ1) is 19.5. The number of esters is 1. The molecule has 5 aromatic rings. The van der Waals surface area contributed by atoms with E-state index in [0.29, 0.717) is 36.8 Å². The van der Waals surface area contributed by atoms with Gasteiger partial charge in [0.25, 0.3) is 0 Å². The number of halogens is 1. The molecule has 0 aliphatic heterocycles. The molecule has 0 spiro atoms. The average Bonchev–Trinajstić information content (AvgIpc) is 3.70. The smallest absolute Gasteiger partial charge is 0.453 e. The van der Waals surface area contributed by atoms with Crippen LogP contribution in [0, 0.1) is 0 Å². The number of tetrazole rings is 1. The molecule has 206 valence electrons.